The minimum absolute atomic E-state index is 0.137. The third kappa shape index (κ3) is 4.28. The Hall–Kier alpha value is -1.59. The highest BCUT2D eigenvalue weighted by molar-refractivity contribution is 9.10. The van der Waals surface area contributed by atoms with Gasteiger partial charge in [-0.1, -0.05) is 72.7 Å². The van der Waals surface area contributed by atoms with Crippen molar-refractivity contribution in [2.45, 2.75) is 37.2 Å². The summed E-state index contributed by atoms with van der Waals surface area (Å²) in [5, 5.41) is 8.89. The smallest absolute Gasteiger partial charge is 0.277 e. The number of halogens is 1. The first-order chi connectivity index (χ1) is 11.4. The molecule has 0 N–H and O–H groups in total. The number of rotatable bonds is 4. The fourth-order valence-electron chi connectivity index (χ4n) is 2.27. The van der Waals surface area contributed by atoms with Gasteiger partial charge in [-0.2, -0.15) is 0 Å². The average molecular weight is 403 g/mol. The second kappa shape index (κ2) is 7.11. The Morgan fingerprint density at radius 2 is 1.79 bits per heavy atom. The summed E-state index contributed by atoms with van der Waals surface area (Å²) < 4.78 is 6.85. The van der Waals surface area contributed by atoms with Crippen LogP contribution in [-0.2, 0) is 11.2 Å². The van der Waals surface area contributed by atoms with Gasteiger partial charge >= 0.3 is 0 Å². The molecule has 0 atom stereocenters. The first-order valence-electron chi connectivity index (χ1n) is 7.73. The van der Waals surface area contributed by atoms with Crippen molar-refractivity contribution in [3.05, 3.63) is 64.1 Å². The summed E-state index contributed by atoms with van der Waals surface area (Å²) in [6, 6.07) is 16.5. The Labute approximate surface area is 155 Å². The van der Waals surface area contributed by atoms with Crippen molar-refractivity contribution in [2.75, 3.05) is 0 Å². The molecule has 0 aliphatic heterocycles. The summed E-state index contributed by atoms with van der Waals surface area (Å²) in [6.45, 7) is 6.60. The zero-order chi connectivity index (χ0) is 17.2. The molecule has 0 fully saturated rings. The number of nitrogens with zero attached hydrogens (tertiary/aromatic N) is 2. The molecule has 1 aromatic heterocycles. The molecule has 3 aromatic rings. The van der Waals surface area contributed by atoms with Gasteiger partial charge in [-0.25, -0.2) is 0 Å². The lowest BCUT2D eigenvalue weighted by Crippen LogP contribution is -2.10. The van der Waals surface area contributed by atoms with Gasteiger partial charge in [0.2, 0.25) is 5.89 Å². The molecule has 0 radical (unpaired) electrons. The van der Waals surface area contributed by atoms with E-state index in [-0.39, 0.29) is 5.41 Å². The van der Waals surface area contributed by atoms with Crippen LogP contribution >= 0.6 is 27.7 Å². The van der Waals surface area contributed by atoms with E-state index in [2.05, 4.69) is 71.2 Å². The molecule has 0 aliphatic rings. The molecule has 0 saturated heterocycles. The summed E-state index contributed by atoms with van der Waals surface area (Å²) in [7, 11) is 0. The van der Waals surface area contributed by atoms with Gasteiger partial charge in [0.15, 0.2) is 0 Å². The lowest BCUT2D eigenvalue weighted by atomic mass is 9.87. The van der Waals surface area contributed by atoms with Crippen LogP contribution in [0.2, 0.25) is 0 Å². The quantitative estimate of drug-likeness (QED) is 0.494. The van der Waals surface area contributed by atoms with E-state index in [4.69, 9.17) is 4.42 Å². The lowest BCUT2D eigenvalue weighted by molar-refractivity contribution is 0.466. The van der Waals surface area contributed by atoms with Crippen molar-refractivity contribution in [3.8, 4) is 11.5 Å². The summed E-state index contributed by atoms with van der Waals surface area (Å²) >= 11 is 5.03. The first-order valence-corrected chi connectivity index (χ1v) is 9.51. The van der Waals surface area contributed by atoms with Crippen molar-refractivity contribution in [1.29, 1.82) is 0 Å². The maximum atomic E-state index is 5.78. The lowest BCUT2D eigenvalue weighted by Gasteiger charge is -2.18. The van der Waals surface area contributed by atoms with E-state index >= 15 is 0 Å². The van der Waals surface area contributed by atoms with E-state index < -0.39 is 0 Å². The molecule has 0 saturated carbocycles. The van der Waals surface area contributed by atoms with Crippen LogP contribution in [0.25, 0.3) is 11.5 Å². The van der Waals surface area contributed by atoms with Gasteiger partial charge in [0.1, 0.15) is 0 Å². The van der Waals surface area contributed by atoms with Crippen LogP contribution in [0.3, 0.4) is 0 Å². The zero-order valence-corrected chi connectivity index (χ0v) is 16.3. The first kappa shape index (κ1) is 17.2. The molecule has 5 heteroatoms. The Kier molecular flexibility index (Phi) is 5.11. The van der Waals surface area contributed by atoms with Crippen molar-refractivity contribution >= 4 is 27.7 Å². The molecule has 24 heavy (non-hydrogen) atoms. The predicted octanol–water partition coefficient (Wildman–Crippen LogP) is 6.09. The number of aromatic nitrogens is 2. The molecule has 0 aliphatic carbocycles. The van der Waals surface area contributed by atoms with Gasteiger partial charge in [0.05, 0.1) is 0 Å². The molecule has 2 aromatic carbocycles. The van der Waals surface area contributed by atoms with Gasteiger partial charge in [-0.15, -0.1) is 10.2 Å². The number of thioether (sulfide) groups is 1. The predicted molar refractivity (Wildman–Crippen MR) is 102 cm³/mol. The van der Waals surface area contributed by atoms with E-state index in [1.54, 1.807) is 11.8 Å². The maximum absolute atomic E-state index is 5.78. The van der Waals surface area contributed by atoms with E-state index in [0.29, 0.717) is 11.1 Å². The van der Waals surface area contributed by atoms with Crippen molar-refractivity contribution < 1.29 is 4.42 Å². The average Bonchev–Trinajstić information content (AvgIpc) is 3.01. The van der Waals surface area contributed by atoms with Crippen LogP contribution in [0.1, 0.15) is 31.9 Å². The van der Waals surface area contributed by atoms with Gasteiger partial charge in [0.25, 0.3) is 5.22 Å². The van der Waals surface area contributed by atoms with Crippen LogP contribution in [0.15, 0.2) is 62.6 Å². The molecule has 3 nitrogen and oxygen atoms in total. The van der Waals surface area contributed by atoms with E-state index in [1.807, 2.05) is 24.3 Å². The molecule has 1 heterocycles. The van der Waals surface area contributed by atoms with Crippen molar-refractivity contribution in [3.63, 3.8) is 0 Å². The number of benzene rings is 2. The van der Waals surface area contributed by atoms with Gasteiger partial charge < -0.3 is 4.42 Å². The van der Waals surface area contributed by atoms with Gasteiger partial charge in [0, 0.05) is 15.8 Å². The van der Waals surface area contributed by atoms with Crippen LogP contribution < -0.4 is 0 Å². The summed E-state index contributed by atoms with van der Waals surface area (Å²) in [5.41, 5.74) is 3.58. The van der Waals surface area contributed by atoms with Crippen molar-refractivity contribution in [1.82, 2.24) is 10.2 Å². The summed E-state index contributed by atoms with van der Waals surface area (Å²) in [4.78, 5) is 0. The van der Waals surface area contributed by atoms with Crippen LogP contribution in [0, 0.1) is 0 Å². The molecule has 0 spiro atoms. The van der Waals surface area contributed by atoms with Gasteiger partial charge in [-0.05, 0) is 40.8 Å². The Morgan fingerprint density at radius 3 is 2.46 bits per heavy atom. The topological polar surface area (TPSA) is 38.9 Å². The fourth-order valence-corrected chi connectivity index (χ4v) is 3.42. The van der Waals surface area contributed by atoms with Crippen LogP contribution in [0.4, 0.5) is 0 Å². The molecule has 0 amide bonds. The van der Waals surface area contributed by atoms with E-state index in [9.17, 15) is 0 Å². The standard InChI is InChI=1S/C19H19BrN2OS/c1-19(2,3)15-9-7-14(8-10-15)17-21-22-18(23-17)24-12-13-5-4-6-16(20)11-13/h4-11H,12H2,1-3H3. The number of hydrogen-bond acceptors (Lipinski definition) is 4. The minimum Gasteiger partial charge on any atom is -0.411 e. The SMILES string of the molecule is CC(C)(C)c1ccc(-c2nnc(SCc3cccc(Br)c3)o2)cc1. The maximum Gasteiger partial charge on any atom is 0.277 e. The normalized spacial score (nSPS) is 11.7. The summed E-state index contributed by atoms with van der Waals surface area (Å²) in [5.74, 6) is 1.36. The highest BCUT2D eigenvalue weighted by Gasteiger charge is 2.15. The van der Waals surface area contributed by atoms with E-state index in [1.165, 1.54) is 11.1 Å². The Balaban J connectivity index is 1.69. The molecular weight excluding hydrogens is 384 g/mol. The van der Waals surface area contributed by atoms with Crippen LogP contribution in [0.5, 0.6) is 0 Å². The zero-order valence-electron chi connectivity index (χ0n) is 13.9. The molecule has 3 rings (SSSR count). The monoisotopic (exact) mass is 402 g/mol. The Morgan fingerprint density at radius 1 is 1.04 bits per heavy atom. The summed E-state index contributed by atoms with van der Waals surface area (Å²) in [6.07, 6.45) is 0. The molecule has 124 valence electrons. The Bertz CT molecular complexity index is 822. The fraction of sp³-hybridized carbons (Fsp3) is 0.263. The third-order valence-electron chi connectivity index (χ3n) is 3.66. The van der Waals surface area contributed by atoms with Crippen LogP contribution in [-0.4, -0.2) is 10.2 Å². The minimum atomic E-state index is 0.137. The second-order valence-electron chi connectivity index (χ2n) is 6.62. The van der Waals surface area contributed by atoms with Crippen molar-refractivity contribution in [2.24, 2.45) is 0 Å². The molecular formula is C19H19BrN2OS. The van der Waals surface area contributed by atoms with Gasteiger partial charge in [-0.3, -0.25) is 0 Å². The van der Waals surface area contributed by atoms with E-state index in [0.717, 1.165) is 15.8 Å². The largest absolute Gasteiger partial charge is 0.411 e. The highest BCUT2D eigenvalue weighted by atomic mass is 79.9. The third-order valence-corrected chi connectivity index (χ3v) is 5.04. The highest BCUT2D eigenvalue weighted by Crippen LogP contribution is 2.28. The second-order valence-corrected chi connectivity index (χ2v) is 8.46. The number of hydrogen-bond donors (Lipinski definition) is 0. The molecule has 0 unspecified atom stereocenters. The molecule has 0 bridgehead atoms.